The van der Waals surface area contributed by atoms with E-state index in [1.165, 1.54) is 90.0 Å². The molecular weight excluding hydrogens is 364 g/mol. The van der Waals surface area contributed by atoms with E-state index in [2.05, 4.69) is 12.2 Å². The molecule has 0 aromatic heterocycles. The highest BCUT2D eigenvalue weighted by Gasteiger charge is 2.13. The number of amides is 1. The molecule has 0 bridgehead atoms. The summed E-state index contributed by atoms with van der Waals surface area (Å²) in [6, 6.07) is 0. The van der Waals surface area contributed by atoms with Crippen LogP contribution in [0.25, 0.3) is 0 Å². The molecule has 29 heavy (non-hydrogen) atoms. The zero-order valence-corrected chi connectivity index (χ0v) is 19.3. The first-order chi connectivity index (χ1) is 14.1. The molecule has 0 unspecified atom stereocenters. The molecule has 0 rings (SSSR count). The van der Waals surface area contributed by atoms with Crippen LogP contribution in [0.2, 0.25) is 0 Å². The molecular formula is C24H46N2O3. The topological polar surface area (TPSA) is 58.6 Å². The highest BCUT2D eigenvalue weighted by atomic mass is 16.7. The Balaban J connectivity index is 3.63. The fourth-order valence-corrected chi connectivity index (χ4v) is 3.26. The van der Waals surface area contributed by atoms with Gasteiger partial charge in [0.1, 0.15) is 0 Å². The maximum Gasteiger partial charge on any atom is 0.329 e. The molecule has 0 aromatic rings. The number of hydrogen-bond acceptors (Lipinski definition) is 4. The molecule has 0 aliphatic rings. The standard InChI is InChI=1S/C24H46N2O3/c1-4-6-7-8-9-10-11-12-13-14-15-16-17-18-19-20-24(28)26(29-23(3)27)22-21-25-5-2/h19-20,25H,4-18,21-22H2,1-3H3/b20-19+. The van der Waals surface area contributed by atoms with Crippen LogP contribution in [0.4, 0.5) is 0 Å². The van der Waals surface area contributed by atoms with Gasteiger partial charge in [-0.05, 0) is 19.4 Å². The predicted molar refractivity (Wildman–Crippen MR) is 121 cm³/mol. The summed E-state index contributed by atoms with van der Waals surface area (Å²) in [5.74, 6) is -0.743. The fourth-order valence-electron chi connectivity index (χ4n) is 3.26. The summed E-state index contributed by atoms with van der Waals surface area (Å²) < 4.78 is 0. The Morgan fingerprint density at radius 2 is 1.34 bits per heavy atom. The molecule has 0 atom stereocenters. The van der Waals surface area contributed by atoms with Crippen molar-refractivity contribution in [3.05, 3.63) is 12.2 Å². The average Bonchev–Trinajstić information content (AvgIpc) is 2.69. The van der Waals surface area contributed by atoms with Crippen molar-refractivity contribution in [2.24, 2.45) is 0 Å². The third-order valence-electron chi connectivity index (χ3n) is 4.96. The van der Waals surface area contributed by atoms with E-state index in [1.807, 2.05) is 13.0 Å². The number of carbonyl (C=O) groups is 2. The number of nitrogens with zero attached hydrogens (tertiary/aromatic N) is 1. The van der Waals surface area contributed by atoms with Crippen LogP contribution in [0.15, 0.2) is 12.2 Å². The Hall–Kier alpha value is -1.36. The number of allylic oxidation sites excluding steroid dienone is 1. The third-order valence-corrected chi connectivity index (χ3v) is 4.96. The summed E-state index contributed by atoms with van der Waals surface area (Å²) in [7, 11) is 0. The van der Waals surface area contributed by atoms with Gasteiger partial charge in [-0.3, -0.25) is 9.59 Å². The zero-order chi connectivity index (χ0) is 21.6. The molecule has 0 spiro atoms. The molecule has 0 radical (unpaired) electrons. The predicted octanol–water partition coefficient (Wildman–Crippen LogP) is 5.94. The second-order valence-electron chi connectivity index (χ2n) is 7.81. The Morgan fingerprint density at radius 1 is 0.828 bits per heavy atom. The summed E-state index contributed by atoms with van der Waals surface area (Å²) in [4.78, 5) is 28.3. The van der Waals surface area contributed by atoms with Crippen LogP contribution in [0, 0.1) is 0 Å². The van der Waals surface area contributed by atoms with Crippen LogP contribution in [0.5, 0.6) is 0 Å². The smallest absolute Gasteiger partial charge is 0.329 e. The average molecular weight is 411 g/mol. The maximum atomic E-state index is 12.1. The molecule has 0 heterocycles. The van der Waals surface area contributed by atoms with Crippen LogP contribution in [-0.4, -0.2) is 36.6 Å². The van der Waals surface area contributed by atoms with E-state index >= 15 is 0 Å². The molecule has 0 saturated heterocycles. The first kappa shape index (κ1) is 27.6. The van der Waals surface area contributed by atoms with Gasteiger partial charge in [0, 0.05) is 19.5 Å². The Labute approximate surface area is 179 Å². The number of nitrogens with one attached hydrogen (secondary N) is 1. The van der Waals surface area contributed by atoms with Crippen molar-refractivity contribution in [3.8, 4) is 0 Å². The number of unbranched alkanes of at least 4 members (excludes halogenated alkanes) is 13. The van der Waals surface area contributed by atoms with Gasteiger partial charge in [0.15, 0.2) is 0 Å². The lowest BCUT2D eigenvalue weighted by Gasteiger charge is -2.18. The normalized spacial score (nSPS) is 11.1. The van der Waals surface area contributed by atoms with Crippen LogP contribution in [-0.2, 0) is 14.4 Å². The Kier molecular flexibility index (Phi) is 20.3. The van der Waals surface area contributed by atoms with E-state index in [1.54, 1.807) is 0 Å². The number of carbonyl (C=O) groups excluding carboxylic acids is 2. The molecule has 0 saturated carbocycles. The SMILES string of the molecule is CCCCCCCCCCCCCCC/C=C/C(=O)N(CCNCC)OC(C)=O. The van der Waals surface area contributed by atoms with Gasteiger partial charge >= 0.3 is 5.97 Å². The van der Waals surface area contributed by atoms with E-state index in [9.17, 15) is 9.59 Å². The van der Waals surface area contributed by atoms with Crippen molar-refractivity contribution in [3.63, 3.8) is 0 Å². The van der Waals surface area contributed by atoms with Crippen molar-refractivity contribution < 1.29 is 14.4 Å². The second-order valence-corrected chi connectivity index (χ2v) is 7.81. The van der Waals surface area contributed by atoms with Crippen molar-refractivity contribution in [2.45, 2.75) is 111 Å². The van der Waals surface area contributed by atoms with Gasteiger partial charge < -0.3 is 10.2 Å². The van der Waals surface area contributed by atoms with E-state index in [4.69, 9.17) is 4.84 Å². The number of likely N-dealkylation sites (N-methyl/N-ethyl adjacent to an activating group) is 1. The third kappa shape index (κ3) is 19.7. The highest BCUT2D eigenvalue weighted by molar-refractivity contribution is 5.87. The monoisotopic (exact) mass is 410 g/mol. The van der Waals surface area contributed by atoms with Crippen LogP contribution in [0.1, 0.15) is 111 Å². The molecule has 0 aliphatic carbocycles. The van der Waals surface area contributed by atoms with Crippen molar-refractivity contribution >= 4 is 11.9 Å². The zero-order valence-electron chi connectivity index (χ0n) is 19.3. The minimum absolute atomic E-state index is 0.271. The van der Waals surface area contributed by atoms with Crippen LogP contribution >= 0.6 is 0 Å². The van der Waals surface area contributed by atoms with E-state index in [0.717, 1.165) is 24.4 Å². The largest absolute Gasteiger partial charge is 0.338 e. The summed E-state index contributed by atoms with van der Waals surface area (Å²) in [5.41, 5.74) is 0. The van der Waals surface area contributed by atoms with E-state index < -0.39 is 5.97 Å². The van der Waals surface area contributed by atoms with E-state index in [-0.39, 0.29) is 5.91 Å². The summed E-state index contributed by atoms with van der Waals surface area (Å²) in [6.45, 7) is 7.34. The van der Waals surface area contributed by atoms with Gasteiger partial charge in [0.05, 0.1) is 6.54 Å². The van der Waals surface area contributed by atoms with Gasteiger partial charge in [-0.2, -0.15) is 5.06 Å². The Morgan fingerprint density at radius 3 is 1.83 bits per heavy atom. The van der Waals surface area contributed by atoms with E-state index in [0.29, 0.717) is 13.1 Å². The minimum Gasteiger partial charge on any atom is -0.338 e. The maximum absolute atomic E-state index is 12.1. The van der Waals surface area contributed by atoms with Gasteiger partial charge in [-0.1, -0.05) is 97.0 Å². The number of hydrogen-bond donors (Lipinski definition) is 1. The molecule has 170 valence electrons. The Bertz CT molecular complexity index is 424. The van der Waals surface area contributed by atoms with Crippen molar-refractivity contribution in [2.75, 3.05) is 19.6 Å². The van der Waals surface area contributed by atoms with Crippen molar-refractivity contribution in [1.82, 2.24) is 10.4 Å². The molecule has 5 nitrogen and oxygen atoms in total. The highest BCUT2D eigenvalue weighted by Crippen LogP contribution is 2.13. The fraction of sp³-hybridized carbons (Fsp3) is 0.833. The number of hydroxylamine groups is 2. The summed E-state index contributed by atoms with van der Waals surface area (Å²) in [5, 5.41) is 4.25. The molecule has 1 amide bonds. The minimum atomic E-state index is -0.472. The van der Waals surface area contributed by atoms with Gasteiger partial charge in [0.25, 0.3) is 5.91 Å². The molecule has 0 aliphatic heterocycles. The lowest BCUT2D eigenvalue weighted by Crippen LogP contribution is -2.37. The lowest BCUT2D eigenvalue weighted by atomic mass is 10.0. The molecule has 1 N–H and O–H groups in total. The summed E-state index contributed by atoms with van der Waals surface area (Å²) >= 11 is 0. The van der Waals surface area contributed by atoms with Crippen LogP contribution < -0.4 is 5.32 Å². The first-order valence-corrected chi connectivity index (χ1v) is 12.0. The quantitative estimate of drug-likeness (QED) is 0.163. The van der Waals surface area contributed by atoms with Crippen molar-refractivity contribution in [1.29, 1.82) is 0 Å². The molecule has 5 heteroatoms. The second kappa shape index (κ2) is 21.4. The van der Waals surface area contributed by atoms with Crippen LogP contribution in [0.3, 0.4) is 0 Å². The molecule has 0 aromatic carbocycles. The number of rotatable bonds is 19. The molecule has 0 fully saturated rings. The van der Waals surface area contributed by atoms with Gasteiger partial charge in [-0.15, -0.1) is 0 Å². The summed E-state index contributed by atoms with van der Waals surface area (Å²) in [6.07, 6.45) is 21.7. The lowest BCUT2D eigenvalue weighted by molar-refractivity contribution is -0.192. The van der Waals surface area contributed by atoms with Gasteiger partial charge in [-0.25, -0.2) is 0 Å². The van der Waals surface area contributed by atoms with Gasteiger partial charge in [0.2, 0.25) is 0 Å². The first-order valence-electron chi connectivity index (χ1n) is 12.0.